The molecule has 0 radical (unpaired) electrons. The molecule has 1 aliphatic heterocycles. The Morgan fingerprint density at radius 2 is 1.58 bits per heavy atom. The Bertz CT molecular complexity index is 1260. The van der Waals surface area contributed by atoms with Crippen LogP contribution in [-0.4, -0.2) is 80.7 Å². The second-order valence-electron chi connectivity index (χ2n) is 17.7. The average molecular weight is 633 g/mol. The largest absolute Gasteiger partial charge is 0.481 e. The van der Waals surface area contributed by atoms with Crippen molar-refractivity contribution in [2.24, 2.45) is 50.2 Å². The van der Waals surface area contributed by atoms with E-state index in [1.807, 2.05) is 13.0 Å². The van der Waals surface area contributed by atoms with Gasteiger partial charge in [-0.3, -0.25) is 9.59 Å². The number of carboxylic acid groups (broad SMARTS) is 1. The first-order valence-corrected chi connectivity index (χ1v) is 17.2. The van der Waals surface area contributed by atoms with E-state index < -0.39 is 54.1 Å². The molecule has 14 atom stereocenters. The summed E-state index contributed by atoms with van der Waals surface area (Å²) in [6, 6.07) is 0. The topological polar surface area (TPSA) is 154 Å². The number of aliphatic hydroxyl groups is 4. The Balaban J connectivity index is 1.31. The summed E-state index contributed by atoms with van der Waals surface area (Å²) in [6.45, 7) is 15.0. The smallest absolute Gasteiger partial charge is 0.309 e. The molecule has 6 rings (SSSR count). The Hall–Kier alpha value is -1.36. The molecule has 5 fully saturated rings. The summed E-state index contributed by atoms with van der Waals surface area (Å²) in [4.78, 5) is 27.0. The van der Waals surface area contributed by atoms with Crippen molar-refractivity contribution in [3.8, 4) is 0 Å². The van der Waals surface area contributed by atoms with Crippen LogP contribution in [0.3, 0.4) is 0 Å². The maximum atomic E-state index is 14.6. The zero-order valence-corrected chi connectivity index (χ0v) is 28.2. The van der Waals surface area contributed by atoms with Crippen LogP contribution in [0.4, 0.5) is 0 Å². The number of ketones is 1. The number of aliphatic carboxylic acids is 1. The lowest BCUT2D eigenvalue weighted by Gasteiger charge is -2.70. The van der Waals surface area contributed by atoms with E-state index in [2.05, 4.69) is 41.5 Å². The Morgan fingerprint density at radius 3 is 2.22 bits per heavy atom. The predicted molar refractivity (Wildman–Crippen MR) is 166 cm³/mol. The van der Waals surface area contributed by atoms with Crippen LogP contribution in [0.2, 0.25) is 0 Å². The summed E-state index contributed by atoms with van der Waals surface area (Å²) in [6.07, 6.45) is 2.39. The van der Waals surface area contributed by atoms with Crippen molar-refractivity contribution in [2.75, 3.05) is 6.61 Å². The third kappa shape index (κ3) is 4.53. The molecule has 0 unspecified atom stereocenters. The number of allylic oxidation sites excluding steroid dienone is 2. The van der Waals surface area contributed by atoms with E-state index in [1.54, 1.807) is 0 Å². The van der Waals surface area contributed by atoms with Gasteiger partial charge in [-0.2, -0.15) is 0 Å². The highest BCUT2D eigenvalue weighted by molar-refractivity contribution is 5.95. The number of ether oxygens (including phenoxy) is 2. The molecule has 0 aromatic heterocycles. The number of hydrogen-bond acceptors (Lipinski definition) is 8. The average Bonchev–Trinajstić information content (AvgIpc) is 2.96. The van der Waals surface area contributed by atoms with Crippen molar-refractivity contribution in [3.63, 3.8) is 0 Å². The van der Waals surface area contributed by atoms with Gasteiger partial charge in [0.1, 0.15) is 24.4 Å². The van der Waals surface area contributed by atoms with E-state index in [0.717, 1.165) is 38.5 Å². The Labute approximate surface area is 267 Å². The number of aliphatic hydroxyl groups excluding tert-OH is 4. The first-order chi connectivity index (χ1) is 20.8. The van der Waals surface area contributed by atoms with Crippen molar-refractivity contribution in [1.82, 2.24) is 0 Å². The standard InChI is InChI=1S/C36H56O9/c1-31(2)23-8-11-36(7)28(34(23,5)10-9-24(31)45-29-27(41)26(40)25(39)22(18-37)44-29)21(38)16-19-20-17-33(4,30(42)43)13-12-32(20,3)14-15-35(19,36)6/h16,20,22-29,37,39-41H,8-15,17-18H2,1-7H3,(H,42,43)/t20-,22+,23-,24-,25+,26-,27+,28+,29-,32+,33+,34-,35+,36+/m0/s1. The number of rotatable bonds is 4. The molecule has 0 amide bonds. The van der Waals surface area contributed by atoms with Crippen molar-refractivity contribution in [2.45, 2.75) is 143 Å². The number of hydrogen-bond donors (Lipinski definition) is 5. The SMILES string of the molecule is CC1(C)[C@@H](O[C@@H]2O[C@H](CO)[C@@H](O)[C@H](O)[C@H]2O)CC[C@]2(C)[C@H]3C(=O)C=C4[C@@H]5C[C@](C)(C(=O)O)CC[C@]5(C)CC[C@@]4(C)[C@]3(C)CC[C@@H]12. The van der Waals surface area contributed by atoms with E-state index in [1.165, 1.54) is 5.57 Å². The first-order valence-electron chi connectivity index (χ1n) is 17.2. The molecule has 4 saturated carbocycles. The highest BCUT2D eigenvalue weighted by Crippen LogP contribution is 2.75. The molecule has 5 N–H and O–H groups in total. The normalized spacial score (nSPS) is 54.2. The van der Waals surface area contributed by atoms with E-state index in [4.69, 9.17) is 9.47 Å². The first kappa shape index (κ1) is 33.5. The fourth-order valence-electron chi connectivity index (χ4n) is 11.9. The van der Waals surface area contributed by atoms with Crippen LogP contribution in [0.5, 0.6) is 0 Å². The summed E-state index contributed by atoms with van der Waals surface area (Å²) in [7, 11) is 0. The Kier molecular flexibility index (Phi) is 7.88. The number of carbonyl (C=O) groups is 2. The van der Waals surface area contributed by atoms with Gasteiger partial charge in [-0.15, -0.1) is 0 Å². The highest BCUT2D eigenvalue weighted by Gasteiger charge is 2.70. The third-order valence-corrected chi connectivity index (χ3v) is 15.2. The molecule has 0 spiro atoms. The molecular formula is C36H56O9. The molecule has 9 heteroatoms. The van der Waals surface area contributed by atoms with Gasteiger partial charge in [0.25, 0.3) is 0 Å². The maximum Gasteiger partial charge on any atom is 0.309 e. The molecule has 0 aromatic rings. The van der Waals surface area contributed by atoms with Gasteiger partial charge in [0.05, 0.1) is 18.1 Å². The van der Waals surface area contributed by atoms with Gasteiger partial charge in [0.15, 0.2) is 12.1 Å². The fraction of sp³-hybridized carbons (Fsp3) is 0.889. The molecule has 0 bridgehead atoms. The van der Waals surface area contributed by atoms with Gasteiger partial charge in [0, 0.05) is 5.92 Å². The van der Waals surface area contributed by atoms with Crippen LogP contribution in [0.25, 0.3) is 0 Å². The molecule has 5 aliphatic carbocycles. The molecule has 1 heterocycles. The lowest BCUT2D eigenvalue weighted by atomic mass is 9.33. The van der Waals surface area contributed by atoms with E-state index in [0.29, 0.717) is 19.3 Å². The zero-order chi connectivity index (χ0) is 33.1. The summed E-state index contributed by atoms with van der Waals surface area (Å²) in [5, 5.41) is 51.2. The quantitative estimate of drug-likeness (QED) is 0.287. The molecular weight excluding hydrogens is 576 g/mol. The van der Waals surface area contributed by atoms with Crippen molar-refractivity contribution in [3.05, 3.63) is 11.6 Å². The second kappa shape index (κ2) is 10.6. The number of fused-ring (bicyclic) bond motifs is 7. The summed E-state index contributed by atoms with van der Waals surface area (Å²) in [5.74, 6) is -0.496. The molecule has 1 saturated heterocycles. The highest BCUT2D eigenvalue weighted by atomic mass is 16.7. The molecule has 9 nitrogen and oxygen atoms in total. The third-order valence-electron chi connectivity index (χ3n) is 15.2. The summed E-state index contributed by atoms with van der Waals surface area (Å²) < 4.78 is 12.1. The minimum absolute atomic E-state index is 0.00663. The molecule has 254 valence electrons. The Morgan fingerprint density at radius 1 is 0.911 bits per heavy atom. The van der Waals surface area contributed by atoms with Crippen LogP contribution in [0.1, 0.15) is 106 Å². The van der Waals surface area contributed by atoms with Gasteiger partial charge in [0.2, 0.25) is 0 Å². The maximum absolute atomic E-state index is 14.6. The lowest BCUT2D eigenvalue weighted by Crippen LogP contribution is -2.67. The van der Waals surface area contributed by atoms with E-state index in [9.17, 15) is 35.1 Å². The predicted octanol–water partition coefficient (Wildman–Crippen LogP) is 4.24. The molecule has 6 aliphatic rings. The zero-order valence-electron chi connectivity index (χ0n) is 28.2. The monoisotopic (exact) mass is 632 g/mol. The van der Waals surface area contributed by atoms with E-state index >= 15 is 0 Å². The summed E-state index contributed by atoms with van der Waals surface area (Å²) in [5.41, 5.74) is -0.725. The van der Waals surface area contributed by atoms with Crippen molar-refractivity contribution >= 4 is 11.8 Å². The van der Waals surface area contributed by atoms with Gasteiger partial charge >= 0.3 is 5.97 Å². The van der Waals surface area contributed by atoms with Crippen LogP contribution in [-0.2, 0) is 19.1 Å². The van der Waals surface area contributed by atoms with Gasteiger partial charge in [-0.25, -0.2) is 0 Å². The van der Waals surface area contributed by atoms with Gasteiger partial charge < -0.3 is 35.0 Å². The van der Waals surface area contributed by atoms with Gasteiger partial charge in [-0.05, 0) is 110 Å². The minimum atomic E-state index is -1.50. The number of carboxylic acids is 1. The summed E-state index contributed by atoms with van der Waals surface area (Å²) >= 11 is 0. The van der Waals surface area contributed by atoms with Gasteiger partial charge in [-0.1, -0.05) is 47.1 Å². The van der Waals surface area contributed by atoms with Crippen LogP contribution < -0.4 is 0 Å². The van der Waals surface area contributed by atoms with Crippen LogP contribution >= 0.6 is 0 Å². The molecule has 0 aromatic carbocycles. The lowest BCUT2D eigenvalue weighted by molar-refractivity contribution is -0.329. The molecule has 45 heavy (non-hydrogen) atoms. The van der Waals surface area contributed by atoms with Crippen LogP contribution in [0, 0.1) is 50.2 Å². The van der Waals surface area contributed by atoms with Crippen molar-refractivity contribution < 1.29 is 44.6 Å². The van der Waals surface area contributed by atoms with Crippen molar-refractivity contribution in [1.29, 1.82) is 0 Å². The minimum Gasteiger partial charge on any atom is -0.481 e. The number of carbonyl (C=O) groups excluding carboxylic acids is 1. The van der Waals surface area contributed by atoms with Crippen LogP contribution in [0.15, 0.2) is 11.6 Å². The second-order valence-corrected chi connectivity index (χ2v) is 17.7. The van der Waals surface area contributed by atoms with E-state index in [-0.39, 0.29) is 51.3 Å². The fourth-order valence-corrected chi connectivity index (χ4v) is 11.9.